The number of anilines is 1. The quantitative estimate of drug-likeness (QED) is 0.788. The van der Waals surface area contributed by atoms with E-state index in [1.807, 2.05) is 6.07 Å². The molecule has 1 aromatic rings. The summed E-state index contributed by atoms with van der Waals surface area (Å²) in [6, 6.07) is 1.92. The normalized spacial score (nSPS) is 27.3. The molecule has 2 N–H and O–H groups in total. The van der Waals surface area contributed by atoms with Crippen molar-refractivity contribution in [2.24, 2.45) is 0 Å². The van der Waals surface area contributed by atoms with E-state index in [9.17, 15) is 9.90 Å². The molecule has 6 nitrogen and oxygen atoms in total. The second kappa shape index (κ2) is 6.32. The smallest absolute Gasteiger partial charge is 0.403 e. The van der Waals surface area contributed by atoms with E-state index < -0.39 is 11.5 Å². The molecule has 0 bridgehead atoms. The second-order valence-electron chi connectivity index (χ2n) is 8.71. The van der Waals surface area contributed by atoms with Crippen LogP contribution in [0.4, 0.5) is 5.69 Å². The van der Waals surface area contributed by atoms with E-state index >= 15 is 0 Å². The average Bonchev–Trinajstić information content (AvgIpc) is 2.87. The summed E-state index contributed by atoms with van der Waals surface area (Å²) in [5, 5.41) is 12.9. The molecule has 0 saturated carbocycles. The maximum Gasteiger partial charge on any atom is 0.457 e. The van der Waals surface area contributed by atoms with Crippen molar-refractivity contribution in [3.8, 4) is 0 Å². The molecular weight excluding hydrogens is 331 g/mol. The molecule has 7 heteroatoms. The monoisotopic (exact) mass is 360 g/mol. The van der Waals surface area contributed by atoms with Gasteiger partial charge in [0.15, 0.2) is 5.60 Å². The third-order valence-corrected chi connectivity index (χ3v) is 6.01. The summed E-state index contributed by atoms with van der Waals surface area (Å²) in [6.07, 6.45) is 4.54. The summed E-state index contributed by atoms with van der Waals surface area (Å²) in [4.78, 5) is 16.2. The first-order valence-electron chi connectivity index (χ1n) is 9.34. The van der Waals surface area contributed by atoms with E-state index in [-0.39, 0.29) is 24.2 Å². The van der Waals surface area contributed by atoms with Crippen molar-refractivity contribution in [1.29, 1.82) is 0 Å². The lowest BCUT2D eigenvalue weighted by molar-refractivity contribution is -0.132. The Hall–Kier alpha value is -1.44. The Balaban J connectivity index is 1.56. The van der Waals surface area contributed by atoms with Gasteiger partial charge in [-0.25, -0.2) is 0 Å². The van der Waals surface area contributed by atoms with Crippen LogP contribution in [0.1, 0.15) is 71.6 Å². The van der Waals surface area contributed by atoms with E-state index in [2.05, 4.69) is 44.9 Å². The first-order valence-corrected chi connectivity index (χ1v) is 9.34. The Morgan fingerprint density at radius 2 is 1.85 bits per heavy atom. The Morgan fingerprint density at radius 3 is 2.46 bits per heavy atom. The highest BCUT2D eigenvalue weighted by molar-refractivity contribution is 6.45. The number of pyridine rings is 1. The number of carbonyl (C=O) groups is 1. The molecule has 0 aliphatic carbocycles. The minimum atomic E-state index is -1.55. The van der Waals surface area contributed by atoms with Crippen LogP contribution in [-0.2, 0) is 19.7 Å². The van der Waals surface area contributed by atoms with Crippen LogP contribution < -0.4 is 5.32 Å². The van der Waals surface area contributed by atoms with Gasteiger partial charge in [-0.1, -0.05) is 13.3 Å². The molecule has 2 atom stereocenters. The molecule has 26 heavy (non-hydrogen) atoms. The molecule has 3 rings (SSSR count). The van der Waals surface area contributed by atoms with Gasteiger partial charge in [0.25, 0.3) is 5.91 Å². The summed E-state index contributed by atoms with van der Waals surface area (Å²) < 4.78 is 12.1. The number of rotatable bonds is 5. The van der Waals surface area contributed by atoms with Crippen LogP contribution in [0.2, 0.25) is 6.32 Å². The Kier molecular flexibility index (Phi) is 4.70. The number of hydrogen-bond acceptors (Lipinski definition) is 5. The molecule has 1 saturated heterocycles. The lowest BCUT2D eigenvalue weighted by atomic mass is 9.80. The van der Waals surface area contributed by atoms with Crippen LogP contribution >= 0.6 is 0 Å². The van der Waals surface area contributed by atoms with Crippen molar-refractivity contribution in [3.05, 3.63) is 23.5 Å². The number of aliphatic hydroxyl groups is 1. The summed E-state index contributed by atoms with van der Waals surface area (Å²) in [6.45, 7) is 11.9. The molecular formula is C19H29BN2O4. The highest BCUT2D eigenvalue weighted by atomic mass is 16.7. The Morgan fingerprint density at radius 1 is 1.23 bits per heavy atom. The van der Waals surface area contributed by atoms with Crippen molar-refractivity contribution in [2.45, 2.75) is 83.4 Å². The largest absolute Gasteiger partial charge is 0.457 e. The second-order valence-corrected chi connectivity index (χ2v) is 8.71. The molecule has 2 aliphatic heterocycles. The highest BCUT2D eigenvalue weighted by Crippen LogP contribution is 2.39. The third kappa shape index (κ3) is 3.28. The number of carbonyl (C=O) groups excluding carboxylic acids is 1. The molecule has 1 aromatic heterocycles. The van der Waals surface area contributed by atoms with E-state index in [0.717, 1.165) is 24.7 Å². The van der Waals surface area contributed by atoms with Crippen LogP contribution in [0.25, 0.3) is 0 Å². The van der Waals surface area contributed by atoms with Gasteiger partial charge in [-0.2, -0.15) is 0 Å². The fraction of sp³-hybridized carbons (Fsp3) is 0.684. The fourth-order valence-corrected chi connectivity index (χ4v) is 3.43. The highest BCUT2D eigenvalue weighted by Gasteiger charge is 2.50. The number of hydrogen-bond donors (Lipinski definition) is 2. The zero-order valence-electron chi connectivity index (χ0n) is 16.5. The van der Waals surface area contributed by atoms with Crippen LogP contribution in [-0.4, -0.2) is 34.3 Å². The Bertz CT molecular complexity index is 701. The molecule has 0 aromatic carbocycles. The molecule has 2 unspecified atom stereocenters. The Labute approximate surface area is 155 Å². The van der Waals surface area contributed by atoms with Gasteiger partial charge in [-0.3, -0.25) is 9.78 Å². The van der Waals surface area contributed by atoms with Crippen LogP contribution in [0, 0.1) is 0 Å². The van der Waals surface area contributed by atoms with Gasteiger partial charge >= 0.3 is 7.12 Å². The van der Waals surface area contributed by atoms with Gasteiger partial charge in [0.05, 0.1) is 16.9 Å². The summed E-state index contributed by atoms with van der Waals surface area (Å²) in [5.74, 6) is -0.136. The van der Waals surface area contributed by atoms with Crippen molar-refractivity contribution in [3.63, 3.8) is 0 Å². The lowest BCUT2D eigenvalue weighted by Gasteiger charge is -2.32. The SMILES string of the molecule is CC(CCCB1OC(C)(C)C(C)(C)O1)c1cnc2c(c1)NC(=O)C2(C)O. The zero-order valence-corrected chi connectivity index (χ0v) is 16.5. The van der Waals surface area contributed by atoms with Gasteiger partial charge in [-0.05, 0) is 64.9 Å². The van der Waals surface area contributed by atoms with Gasteiger partial charge in [0.2, 0.25) is 0 Å². The third-order valence-electron chi connectivity index (χ3n) is 6.01. The number of fused-ring (bicyclic) bond motifs is 1. The number of amides is 1. The van der Waals surface area contributed by atoms with Crippen molar-refractivity contribution >= 4 is 18.7 Å². The van der Waals surface area contributed by atoms with E-state index in [0.29, 0.717) is 11.4 Å². The van der Waals surface area contributed by atoms with Crippen LogP contribution in [0.5, 0.6) is 0 Å². The average molecular weight is 360 g/mol. The number of aromatic nitrogens is 1. The zero-order chi connectivity index (χ0) is 19.3. The predicted octanol–water partition coefficient (Wildman–Crippen LogP) is 3.22. The van der Waals surface area contributed by atoms with Gasteiger partial charge in [-0.15, -0.1) is 0 Å². The van der Waals surface area contributed by atoms with Gasteiger partial charge < -0.3 is 19.7 Å². The summed E-state index contributed by atoms with van der Waals surface area (Å²) in [5.41, 5.74) is -0.0694. The molecule has 1 amide bonds. The topological polar surface area (TPSA) is 80.7 Å². The molecule has 3 heterocycles. The molecule has 2 aliphatic rings. The summed E-state index contributed by atoms with van der Waals surface area (Å²) in [7, 11) is -0.167. The standard InChI is InChI=1S/C19H29BN2O4/c1-12(8-7-9-20-25-17(2,3)18(4,5)26-20)13-10-14-15(21-11-13)19(6,24)16(23)22-14/h10-12,24H,7-9H2,1-6H3,(H,22,23). The fourth-order valence-electron chi connectivity index (χ4n) is 3.43. The van der Waals surface area contributed by atoms with Crippen molar-refractivity contribution < 1.29 is 19.2 Å². The van der Waals surface area contributed by atoms with Crippen molar-refractivity contribution in [2.75, 3.05) is 5.32 Å². The van der Waals surface area contributed by atoms with Crippen LogP contribution in [0.3, 0.4) is 0 Å². The van der Waals surface area contributed by atoms with E-state index in [1.54, 1.807) is 6.20 Å². The van der Waals surface area contributed by atoms with Crippen molar-refractivity contribution in [1.82, 2.24) is 4.98 Å². The van der Waals surface area contributed by atoms with Crippen LogP contribution in [0.15, 0.2) is 12.3 Å². The van der Waals surface area contributed by atoms with E-state index in [1.165, 1.54) is 6.92 Å². The molecule has 142 valence electrons. The van der Waals surface area contributed by atoms with Gasteiger partial charge in [0.1, 0.15) is 5.69 Å². The van der Waals surface area contributed by atoms with Gasteiger partial charge in [0, 0.05) is 6.20 Å². The summed E-state index contributed by atoms with van der Waals surface area (Å²) >= 11 is 0. The maximum atomic E-state index is 11.8. The first-order chi connectivity index (χ1) is 11.9. The predicted molar refractivity (Wildman–Crippen MR) is 101 cm³/mol. The number of nitrogens with one attached hydrogen (secondary N) is 1. The maximum absolute atomic E-state index is 11.8. The molecule has 0 spiro atoms. The number of nitrogens with zero attached hydrogens (tertiary/aromatic N) is 1. The first kappa shape index (κ1) is 19.3. The minimum Gasteiger partial charge on any atom is -0.403 e. The molecule has 0 radical (unpaired) electrons. The molecule has 1 fully saturated rings. The minimum absolute atomic E-state index is 0.167. The lowest BCUT2D eigenvalue weighted by Crippen LogP contribution is -2.41. The van der Waals surface area contributed by atoms with E-state index in [4.69, 9.17) is 9.31 Å².